The van der Waals surface area contributed by atoms with E-state index in [0.29, 0.717) is 17.1 Å². The number of halogens is 3. The van der Waals surface area contributed by atoms with Gasteiger partial charge in [0, 0.05) is 36.3 Å². The van der Waals surface area contributed by atoms with Crippen LogP contribution in [0.4, 0.5) is 19.0 Å². The van der Waals surface area contributed by atoms with Gasteiger partial charge in [-0.2, -0.15) is 13.2 Å². The SMILES string of the molecule is Nc1ncc(-c2ccc(C(=O)N3CCNC(C(F)(F)F)C3)cc2)nc1-c1nnc(-c2ccccc2)o1. The van der Waals surface area contributed by atoms with Crippen molar-refractivity contribution in [1.82, 2.24) is 30.4 Å². The molecule has 12 heteroatoms. The molecular formula is C24H20F3N7O2. The molecule has 0 bridgehead atoms. The van der Waals surface area contributed by atoms with Crippen molar-refractivity contribution in [2.24, 2.45) is 0 Å². The lowest BCUT2D eigenvalue weighted by Gasteiger charge is -2.34. The fraction of sp³-hybridized carbons (Fsp3) is 0.208. The van der Waals surface area contributed by atoms with Gasteiger partial charge in [-0.15, -0.1) is 10.2 Å². The molecule has 1 aliphatic rings. The van der Waals surface area contributed by atoms with Crippen LogP contribution < -0.4 is 11.1 Å². The third kappa shape index (κ3) is 4.75. The summed E-state index contributed by atoms with van der Waals surface area (Å²) in [5.41, 5.74) is 8.29. The van der Waals surface area contributed by atoms with E-state index in [1.807, 2.05) is 30.3 Å². The lowest BCUT2D eigenvalue weighted by Crippen LogP contribution is -2.58. The maximum atomic E-state index is 13.1. The lowest BCUT2D eigenvalue weighted by molar-refractivity contribution is -0.162. The average Bonchev–Trinajstić information content (AvgIpc) is 3.39. The molecule has 0 aliphatic carbocycles. The summed E-state index contributed by atoms with van der Waals surface area (Å²) in [6, 6.07) is 13.8. The molecule has 9 nitrogen and oxygen atoms in total. The maximum absolute atomic E-state index is 13.1. The van der Waals surface area contributed by atoms with Crippen LogP contribution in [0, 0.1) is 0 Å². The molecule has 4 aromatic rings. The molecule has 0 radical (unpaired) electrons. The molecule has 36 heavy (non-hydrogen) atoms. The van der Waals surface area contributed by atoms with Crippen LogP contribution in [0.5, 0.6) is 0 Å². The van der Waals surface area contributed by atoms with Crippen LogP contribution in [0.25, 0.3) is 34.3 Å². The van der Waals surface area contributed by atoms with Gasteiger partial charge in [0.2, 0.25) is 5.89 Å². The molecule has 0 spiro atoms. The molecule has 1 fully saturated rings. The Labute approximate surface area is 203 Å². The molecule has 5 rings (SSSR count). The van der Waals surface area contributed by atoms with Gasteiger partial charge in [0.05, 0.1) is 11.9 Å². The Morgan fingerprint density at radius 2 is 1.75 bits per heavy atom. The average molecular weight is 495 g/mol. The van der Waals surface area contributed by atoms with Crippen molar-refractivity contribution in [1.29, 1.82) is 0 Å². The number of anilines is 1. The van der Waals surface area contributed by atoms with Crippen molar-refractivity contribution in [2.45, 2.75) is 12.2 Å². The summed E-state index contributed by atoms with van der Waals surface area (Å²) in [6.07, 6.45) is -2.96. The predicted octanol–water partition coefficient (Wildman–Crippen LogP) is 3.42. The zero-order chi connectivity index (χ0) is 25.3. The first-order chi connectivity index (χ1) is 17.3. The van der Waals surface area contributed by atoms with Crippen LogP contribution >= 0.6 is 0 Å². The topological polar surface area (TPSA) is 123 Å². The van der Waals surface area contributed by atoms with Crippen LogP contribution in [0.1, 0.15) is 10.4 Å². The third-order valence-electron chi connectivity index (χ3n) is 5.73. The monoisotopic (exact) mass is 495 g/mol. The number of nitrogens with one attached hydrogen (secondary N) is 1. The second-order valence-electron chi connectivity index (χ2n) is 8.14. The minimum atomic E-state index is -4.42. The highest BCUT2D eigenvalue weighted by molar-refractivity contribution is 5.94. The van der Waals surface area contributed by atoms with Gasteiger partial charge in [-0.1, -0.05) is 30.3 Å². The number of carbonyl (C=O) groups excluding carboxylic acids is 1. The van der Waals surface area contributed by atoms with Crippen LogP contribution in [0.2, 0.25) is 0 Å². The van der Waals surface area contributed by atoms with E-state index in [-0.39, 0.29) is 36.1 Å². The van der Waals surface area contributed by atoms with E-state index in [4.69, 9.17) is 10.2 Å². The fourth-order valence-electron chi connectivity index (χ4n) is 3.83. The first kappa shape index (κ1) is 23.4. The normalized spacial score (nSPS) is 16.2. The smallest absolute Gasteiger partial charge is 0.405 e. The minimum Gasteiger partial charge on any atom is -0.414 e. The summed E-state index contributed by atoms with van der Waals surface area (Å²) in [5.74, 6) is 0.0404. The summed E-state index contributed by atoms with van der Waals surface area (Å²) in [6.45, 7) is -0.180. The van der Waals surface area contributed by atoms with Crippen molar-refractivity contribution in [2.75, 3.05) is 25.4 Å². The molecule has 1 saturated heterocycles. The van der Waals surface area contributed by atoms with Gasteiger partial charge in [0.1, 0.15) is 6.04 Å². The first-order valence-electron chi connectivity index (χ1n) is 11.0. The minimum absolute atomic E-state index is 0.0689. The highest BCUT2D eigenvalue weighted by Crippen LogP contribution is 2.28. The predicted molar refractivity (Wildman–Crippen MR) is 124 cm³/mol. The third-order valence-corrected chi connectivity index (χ3v) is 5.73. The van der Waals surface area contributed by atoms with E-state index in [2.05, 4.69) is 25.5 Å². The molecule has 2 aromatic carbocycles. The van der Waals surface area contributed by atoms with Gasteiger partial charge < -0.3 is 20.4 Å². The van der Waals surface area contributed by atoms with Gasteiger partial charge in [-0.25, -0.2) is 9.97 Å². The summed E-state index contributed by atoms with van der Waals surface area (Å²) in [7, 11) is 0. The maximum Gasteiger partial charge on any atom is 0.405 e. The van der Waals surface area contributed by atoms with Crippen molar-refractivity contribution >= 4 is 11.7 Å². The summed E-state index contributed by atoms with van der Waals surface area (Å²) in [4.78, 5) is 22.7. The summed E-state index contributed by atoms with van der Waals surface area (Å²) < 4.78 is 44.9. The van der Waals surface area contributed by atoms with Crippen molar-refractivity contribution in [3.63, 3.8) is 0 Å². The molecule has 1 unspecified atom stereocenters. The number of carbonyl (C=O) groups is 1. The van der Waals surface area contributed by atoms with Gasteiger partial charge in [0.15, 0.2) is 11.5 Å². The lowest BCUT2D eigenvalue weighted by atomic mass is 10.1. The number of nitrogens with zero attached hydrogens (tertiary/aromatic N) is 5. The van der Waals surface area contributed by atoms with E-state index in [0.717, 1.165) is 5.56 Å². The number of amides is 1. The highest BCUT2D eigenvalue weighted by Gasteiger charge is 2.42. The van der Waals surface area contributed by atoms with E-state index >= 15 is 0 Å². The zero-order valence-corrected chi connectivity index (χ0v) is 18.7. The second-order valence-corrected chi connectivity index (χ2v) is 8.14. The Hall–Kier alpha value is -4.32. The molecule has 1 amide bonds. The van der Waals surface area contributed by atoms with E-state index in [9.17, 15) is 18.0 Å². The Morgan fingerprint density at radius 1 is 1.03 bits per heavy atom. The van der Waals surface area contributed by atoms with Crippen LogP contribution in [0.15, 0.2) is 65.2 Å². The molecular weight excluding hydrogens is 475 g/mol. The molecule has 3 heterocycles. The Bertz CT molecular complexity index is 1370. The number of hydrogen-bond acceptors (Lipinski definition) is 8. The number of nitrogen functional groups attached to an aromatic ring is 1. The van der Waals surface area contributed by atoms with Crippen LogP contribution in [0.3, 0.4) is 0 Å². The van der Waals surface area contributed by atoms with Gasteiger partial charge in [-0.05, 0) is 24.3 Å². The zero-order valence-electron chi connectivity index (χ0n) is 18.7. The quantitative estimate of drug-likeness (QED) is 0.442. The second kappa shape index (κ2) is 9.38. The summed E-state index contributed by atoms with van der Waals surface area (Å²) >= 11 is 0. The van der Waals surface area contributed by atoms with E-state index in [1.54, 1.807) is 24.3 Å². The Morgan fingerprint density at radius 3 is 2.47 bits per heavy atom. The van der Waals surface area contributed by atoms with E-state index in [1.165, 1.54) is 11.1 Å². The van der Waals surface area contributed by atoms with E-state index < -0.39 is 24.7 Å². The van der Waals surface area contributed by atoms with Crippen LogP contribution in [-0.2, 0) is 0 Å². The van der Waals surface area contributed by atoms with Crippen molar-refractivity contribution in [3.05, 3.63) is 66.4 Å². The van der Waals surface area contributed by atoms with Crippen molar-refractivity contribution < 1.29 is 22.4 Å². The van der Waals surface area contributed by atoms with Crippen LogP contribution in [-0.4, -0.2) is 62.8 Å². The molecule has 2 aromatic heterocycles. The van der Waals surface area contributed by atoms with Gasteiger partial charge in [0.25, 0.3) is 11.8 Å². The number of rotatable bonds is 4. The molecule has 0 saturated carbocycles. The number of benzene rings is 2. The number of alkyl halides is 3. The fourth-order valence-corrected chi connectivity index (χ4v) is 3.83. The molecule has 3 N–H and O–H groups in total. The van der Waals surface area contributed by atoms with Crippen molar-refractivity contribution in [3.8, 4) is 34.3 Å². The summed E-state index contributed by atoms with van der Waals surface area (Å²) in [5, 5.41) is 10.5. The molecule has 1 aliphatic heterocycles. The standard InChI is InChI=1S/C24H20F3N7O2/c25-24(26,27)18-13-34(11-10-29-18)23(35)16-8-6-14(7-9-16)17-12-30-20(28)19(31-17)22-33-32-21(36-22)15-4-2-1-3-5-15/h1-9,12,18,29H,10-11,13H2,(H2,28,30). The Balaban J connectivity index is 1.36. The van der Waals surface area contributed by atoms with Gasteiger partial charge >= 0.3 is 6.18 Å². The van der Waals surface area contributed by atoms with Gasteiger partial charge in [-0.3, -0.25) is 4.79 Å². The molecule has 184 valence electrons. The first-order valence-corrected chi connectivity index (χ1v) is 11.0. The highest BCUT2D eigenvalue weighted by atomic mass is 19.4. The number of nitrogens with two attached hydrogens (primary N) is 1. The largest absolute Gasteiger partial charge is 0.414 e. The number of aromatic nitrogens is 4. The molecule has 1 atom stereocenters. The number of hydrogen-bond donors (Lipinski definition) is 2. The number of piperazine rings is 1. The Kier molecular flexibility index (Phi) is 6.10.